The predicted molar refractivity (Wildman–Crippen MR) is 78.5 cm³/mol. The molecule has 1 N–H and O–H groups in total. The van der Waals surface area contributed by atoms with E-state index in [0.717, 1.165) is 12.1 Å². The molecule has 0 spiro atoms. The third kappa shape index (κ3) is 4.10. The van der Waals surface area contributed by atoms with Crippen LogP contribution in [-0.2, 0) is 6.18 Å². The molecular formula is C17H13F3N2O. The summed E-state index contributed by atoms with van der Waals surface area (Å²) in [5, 5.41) is 11.4. The first-order valence-electron chi connectivity index (χ1n) is 6.79. The van der Waals surface area contributed by atoms with E-state index in [1.807, 2.05) is 6.07 Å². The monoisotopic (exact) mass is 318 g/mol. The van der Waals surface area contributed by atoms with Crippen LogP contribution in [0.25, 0.3) is 0 Å². The van der Waals surface area contributed by atoms with Crippen LogP contribution >= 0.6 is 0 Å². The Kier molecular flexibility index (Phi) is 4.70. The summed E-state index contributed by atoms with van der Waals surface area (Å²) in [5.74, 6) is -0.359. The van der Waals surface area contributed by atoms with E-state index in [-0.39, 0.29) is 5.91 Å². The van der Waals surface area contributed by atoms with Crippen LogP contribution < -0.4 is 5.32 Å². The minimum Gasteiger partial charge on any atom is -0.346 e. The number of nitrogens with one attached hydrogen (secondary N) is 1. The molecular weight excluding hydrogens is 305 g/mol. The first-order valence-corrected chi connectivity index (χ1v) is 6.79. The largest absolute Gasteiger partial charge is 0.416 e. The molecule has 0 aliphatic heterocycles. The van der Waals surface area contributed by atoms with Gasteiger partial charge in [0.25, 0.3) is 5.91 Å². The highest BCUT2D eigenvalue weighted by Gasteiger charge is 2.30. The predicted octanol–water partition coefficient (Wildman–Crippen LogP) is 4.07. The van der Waals surface area contributed by atoms with Crippen molar-refractivity contribution in [2.45, 2.75) is 19.1 Å². The zero-order chi connectivity index (χ0) is 17.0. The molecule has 0 bridgehead atoms. The molecule has 118 valence electrons. The summed E-state index contributed by atoms with van der Waals surface area (Å²) in [4.78, 5) is 12.1. The number of carbonyl (C=O) groups is 1. The molecule has 2 aromatic carbocycles. The van der Waals surface area contributed by atoms with Crippen LogP contribution in [-0.4, -0.2) is 5.91 Å². The number of amides is 1. The summed E-state index contributed by atoms with van der Waals surface area (Å²) in [7, 11) is 0. The minimum absolute atomic E-state index is 0.359. The first kappa shape index (κ1) is 16.6. The fraction of sp³-hybridized carbons (Fsp3) is 0.176. The Bertz CT molecular complexity index is 728. The lowest BCUT2D eigenvalue weighted by Crippen LogP contribution is -2.26. The van der Waals surface area contributed by atoms with Gasteiger partial charge in [-0.1, -0.05) is 12.1 Å². The van der Waals surface area contributed by atoms with E-state index in [2.05, 4.69) is 5.32 Å². The highest BCUT2D eigenvalue weighted by molar-refractivity contribution is 5.94. The van der Waals surface area contributed by atoms with Crippen molar-refractivity contribution in [3.63, 3.8) is 0 Å². The van der Waals surface area contributed by atoms with E-state index in [1.54, 1.807) is 6.92 Å². The van der Waals surface area contributed by atoms with Gasteiger partial charge in [0.2, 0.25) is 0 Å². The standard InChI is InChI=1S/C17H13F3N2O/c1-11(13-6-8-15(9-7-13)17(18,19)20)22-16(23)14-4-2-12(10-21)3-5-14/h2-9,11H,1H3,(H,22,23). The van der Waals surface area contributed by atoms with E-state index in [1.165, 1.54) is 36.4 Å². The van der Waals surface area contributed by atoms with Crippen molar-refractivity contribution in [2.75, 3.05) is 0 Å². The van der Waals surface area contributed by atoms with Gasteiger partial charge in [-0.25, -0.2) is 0 Å². The van der Waals surface area contributed by atoms with Crippen molar-refractivity contribution < 1.29 is 18.0 Å². The normalized spacial score (nSPS) is 12.3. The van der Waals surface area contributed by atoms with Crippen LogP contribution in [0.15, 0.2) is 48.5 Å². The lowest BCUT2D eigenvalue weighted by atomic mass is 10.0. The molecule has 0 aliphatic carbocycles. The van der Waals surface area contributed by atoms with E-state index in [4.69, 9.17) is 5.26 Å². The number of nitrogens with zero attached hydrogens (tertiary/aromatic N) is 1. The smallest absolute Gasteiger partial charge is 0.346 e. The highest BCUT2D eigenvalue weighted by Crippen LogP contribution is 2.29. The molecule has 0 aliphatic rings. The molecule has 0 saturated heterocycles. The third-order valence-corrected chi connectivity index (χ3v) is 3.36. The maximum absolute atomic E-state index is 12.5. The van der Waals surface area contributed by atoms with Gasteiger partial charge in [0, 0.05) is 5.56 Å². The maximum atomic E-state index is 12.5. The SMILES string of the molecule is CC(NC(=O)c1ccc(C#N)cc1)c1ccc(C(F)(F)F)cc1. The summed E-state index contributed by atoms with van der Waals surface area (Å²) in [6.07, 6.45) is -4.38. The summed E-state index contributed by atoms with van der Waals surface area (Å²) in [5.41, 5.74) is 0.659. The molecule has 6 heteroatoms. The number of rotatable bonds is 3. The molecule has 0 radical (unpaired) electrons. The molecule has 23 heavy (non-hydrogen) atoms. The lowest BCUT2D eigenvalue weighted by Gasteiger charge is -2.15. The number of hydrogen-bond acceptors (Lipinski definition) is 2. The zero-order valence-corrected chi connectivity index (χ0v) is 12.2. The molecule has 1 unspecified atom stereocenters. The lowest BCUT2D eigenvalue weighted by molar-refractivity contribution is -0.137. The van der Waals surface area contributed by atoms with Gasteiger partial charge in [-0.3, -0.25) is 4.79 Å². The molecule has 2 rings (SSSR count). The van der Waals surface area contributed by atoms with Crippen molar-refractivity contribution in [3.8, 4) is 6.07 Å². The topological polar surface area (TPSA) is 52.9 Å². The van der Waals surface area contributed by atoms with Crippen LogP contribution in [0, 0.1) is 11.3 Å². The second kappa shape index (κ2) is 6.53. The van der Waals surface area contributed by atoms with E-state index in [9.17, 15) is 18.0 Å². The van der Waals surface area contributed by atoms with Crippen LogP contribution in [0.4, 0.5) is 13.2 Å². The Morgan fingerprint density at radius 3 is 2.13 bits per heavy atom. The number of benzene rings is 2. The third-order valence-electron chi connectivity index (χ3n) is 3.36. The molecule has 0 saturated carbocycles. The maximum Gasteiger partial charge on any atom is 0.416 e. The average Bonchev–Trinajstić information content (AvgIpc) is 2.54. The van der Waals surface area contributed by atoms with Crippen LogP contribution in [0.3, 0.4) is 0 Å². The van der Waals surface area contributed by atoms with Gasteiger partial charge in [0.05, 0.1) is 23.2 Å². The Labute approximate surface area is 131 Å². The van der Waals surface area contributed by atoms with E-state index >= 15 is 0 Å². The van der Waals surface area contributed by atoms with Gasteiger partial charge >= 0.3 is 6.18 Å². The molecule has 0 heterocycles. The zero-order valence-electron chi connectivity index (χ0n) is 12.2. The summed E-state index contributed by atoms with van der Waals surface area (Å²) in [6.45, 7) is 1.68. The molecule has 3 nitrogen and oxygen atoms in total. The Morgan fingerprint density at radius 1 is 1.09 bits per heavy atom. The highest BCUT2D eigenvalue weighted by atomic mass is 19.4. The number of nitriles is 1. The Balaban J connectivity index is 2.07. The van der Waals surface area contributed by atoms with Gasteiger partial charge in [-0.05, 0) is 48.9 Å². The van der Waals surface area contributed by atoms with Crippen molar-refractivity contribution in [1.29, 1.82) is 5.26 Å². The second-order valence-electron chi connectivity index (χ2n) is 5.00. The van der Waals surface area contributed by atoms with Crippen molar-refractivity contribution in [2.24, 2.45) is 0 Å². The molecule has 0 aromatic heterocycles. The summed E-state index contributed by atoms with van der Waals surface area (Å²) >= 11 is 0. The van der Waals surface area contributed by atoms with Crippen LogP contribution in [0.1, 0.15) is 40.0 Å². The number of alkyl halides is 3. The number of hydrogen-bond donors (Lipinski definition) is 1. The quantitative estimate of drug-likeness (QED) is 0.927. The van der Waals surface area contributed by atoms with Crippen LogP contribution in [0.2, 0.25) is 0 Å². The van der Waals surface area contributed by atoms with Gasteiger partial charge in [0.1, 0.15) is 0 Å². The van der Waals surface area contributed by atoms with Gasteiger partial charge < -0.3 is 5.32 Å². The van der Waals surface area contributed by atoms with Gasteiger partial charge in [-0.2, -0.15) is 18.4 Å². The fourth-order valence-corrected chi connectivity index (χ4v) is 2.02. The summed E-state index contributed by atoms with van der Waals surface area (Å²) < 4.78 is 37.6. The fourth-order valence-electron chi connectivity index (χ4n) is 2.02. The van der Waals surface area contributed by atoms with Crippen molar-refractivity contribution >= 4 is 5.91 Å². The van der Waals surface area contributed by atoms with E-state index < -0.39 is 17.8 Å². The molecule has 1 amide bonds. The minimum atomic E-state index is -4.38. The van der Waals surface area contributed by atoms with Crippen LogP contribution in [0.5, 0.6) is 0 Å². The molecule has 2 aromatic rings. The van der Waals surface area contributed by atoms with Gasteiger partial charge in [-0.15, -0.1) is 0 Å². The molecule has 0 fully saturated rings. The summed E-state index contributed by atoms with van der Waals surface area (Å²) in [6, 6.07) is 12.3. The van der Waals surface area contributed by atoms with Crippen molar-refractivity contribution in [1.82, 2.24) is 5.32 Å². The van der Waals surface area contributed by atoms with E-state index in [0.29, 0.717) is 16.7 Å². The Hall–Kier alpha value is -2.81. The van der Waals surface area contributed by atoms with Crippen molar-refractivity contribution in [3.05, 3.63) is 70.8 Å². The second-order valence-corrected chi connectivity index (χ2v) is 5.00. The first-order chi connectivity index (χ1) is 10.8. The number of halogens is 3. The average molecular weight is 318 g/mol. The number of carbonyl (C=O) groups excluding carboxylic acids is 1. The van der Waals surface area contributed by atoms with Gasteiger partial charge in [0.15, 0.2) is 0 Å². The molecule has 1 atom stereocenters. The Morgan fingerprint density at radius 2 is 1.65 bits per heavy atom.